The second-order valence-electron chi connectivity index (χ2n) is 6.39. The fraction of sp³-hybridized carbons (Fsp3) is 0.286. The summed E-state index contributed by atoms with van der Waals surface area (Å²) in [5, 5.41) is 2.73. The van der Waals surface area contributed by atoms with Gasteiger partial charge in [0.05, 0.1) is 26.2 Å². The highest BCUT2D eigenvalue weighted by Crippen LogP contribution is 2.33. The minimum Gasteiger partial charge on any atom is -0.493 e. The van der Waals surface area contributed by atoms with E-state index in [9.17, 15) is 13.2 Å². The van der Waals surface area contributed by atoms with E-state index < -0.39 is 22.0 Å². The molecule has 0 saturated carbocycles. The molecule has 2 rings (SSSR count). The van der Waals surface area contributed by atoms with Crippen molar-refractivity contribution in [1.29, 1.82) is 0 Å². The number of benzene rings is 2. The lowest BCUT2D eigenvalue weighted by molar-refractivity contribution is -0.116. The van der Waals surface area contributed by atoms with Gasteiger partial charge in [-0.1, -0.05) is 18.7 Å². The van der Waals surface area contributed by atoms with Crippen molar-refractivity contribution in [3.8, 4) is 17.2 Å². The molecule has 0 heterocycles. The summed E-state index contributed by atoms with van der Waals surface area (Å²) in [6.45, 7) is 5.42. The highest BCUT2D eigenvalue weighted by Gasteiger charge is 2.30. The number of carbonyl (C=O) groups is 1. The van der Waals surface area contributed by atoms with Crippen LogP contribution in [0.3, 0.4) is 0 Å². The Bertz CT molecular complexity index is 1010. The van der Waals surface area contributed by atoms with Gasteiger partial charge in [0.15, 0.2) is 11.5 Å². The van der Waals surface area contributed by atoms with E-state index in [1.807, 2.05) is 0 Å². The first-order valence-corrected chi connectivity index (χ1v) is 10.9. The summed E-state index contributed by atoms with van der Waals surface area (Å²) in [7, 11) is -0.850. The van der Waals surface area contributed by atoms with Gasteiger partial charge in [-0.15, -0.1) is 0 Å². The van der Waals surface area contributed by atoms with E-state index in [4.69, 9.17) is 14.2 Å². The molecular weight excluding hydrogens is 408 g/mol. The predicted molar refractivity (Wildman–Crippen MR) is 117 cm³/mol. The minimum absolute atomic E-state index is 0.279. The smallest absolute Gasteiger partial charge is 0.247 e. The standard InChI is InChI=1S/C21H26N2O6S/c1-6-12-29-18-9-7-8-16(13-18)22-21(24)15(2)23(30(5,25)26)17-10-11-19(27-3)20(14-17)28-4/h6-11,13-15H,1,12H2,2-5H3,(H,22,24)/t15-/m1/s1. The second kappa shape index (κ2) is 10.0. The van der Waals surface area contributed by atoms with Crippen LogP contribution < -0.4 is 23.8 Å². The van der Waals surface area contributed by atoms with Crippen LogP contribution in [0, 0.1) is 0 Å². The number of hydrogen-bond acceptors (Lipinski definition) is 6. The number of sulfonamides is 1. The summed E-state index contributed by atoms with van der Waals surface area (Å²) in [4.78, 5) is 12.8. The Morgan fingerprint density at radius 1 is 1.17 bits per heavy atom. The van der Waals surface area contributed by atoms with Gasteiger partial charge in [0.2, 0.25) is 15.9 Å². The van der Waals surface area contributed by atoms with E-state index in [-0.39, 0.29) is 5.69 Å². The Hall–Kier alpha value is -3.20. The van der Waals surface area contributed by atoms with Gasteiger partial charge in [0.25, 0.3) is 0 Å². The number of hydrogen-bond donors (Lipinski definition) is 1. The number of nitrogens with one attached hydrogen (secondary N) is 1. The van der Waals surface area contributed by atoms with E-state index in [0.29, 0.717) is 29.5 Å². The summed E-state index contributed by atoms with van der Waals surface area (Å²) in [5.41, 5.74) is 0.759. The molecular formula is C21H26N2O6S. The first-order valence-electron chi connectivity index (χ1n) is 9.07. The van der Waals surface area contributed by atoms with Crippen molar-refractivity contribution in [2.75, 3.05) is 36.7 Å². The van der Waals surface area contributed by atoms with Gasteiger partial charge in [0, 0.05) is 17.8 Å². The molecule has 0 saturated heterocycles. The molecule has 1 atom stereocenters. The fourth-order valence-electron chi connectivity index (χ4n) is 2.84. The molecule has 0 unspecified atom stereocenters. The van der Waals surface area contributed by atoms with Gasteiger partial charge < -0.3 is 19.5 Å². The monoisotopic (exact) mass is 434 g/mol. The van der Waals surface area contributed by atoms with Gasteiger partial charge in [-0.05, 0) is 31.2 Å². The van der Waals surface area contributed by atoms with Crippen LogP contribution in [0.25, 0.3) is 0 Å². The molecule has 1 N–H and O–H groups in total. The summed E-state index contributed by atoms with van der Waals surface area (Å²) >= 11 is 0. The Morgan fingerprint density at radius 3 is 2.47 bits per heavy atom. The van der Waals surface area contributed by atoms with E-state index >= 15 is 0 Å². The van der Waals surface area contributed by atoms with Gasteiger partial charge in [-0.25, -0.2) is 8.42 Å². The summed E-state index contributed by atoms with van der Waals surface area (Å²) in [6, 6.07) is 10.4. The lowest BCUT2D eigenvalue weighted by Crippen LogP contribution is -2.45. The lowest BCUT2D eigenvalue weighted by atomic mass is 10.2. The quantitative estimate of drug-likeness (QED) is 0.578. The molecule has 0 spiro atoms. The number of rotatable bonds is 10. The molecule has 1 amide bonds. The molecule has 9 heteroatoms. The van der Waals surface area contributed by atoms with E-state index in [0.717, 1.165) is 10.6 Å². The molecule has 0 fully saturated rings. The second-order valence-corrected chi connectivity index (χ2v) is 8.25. The first kappa shape index (κ1) is 23.1. The molecule has 0 aromatic heterocycles. The lowest BCUT2D eigenvalue weighted by Gasteiger charge is -2.28. The molecule has 0 bridgehead atoms. The molecule has 2 aromatic rings. The van der Waals surface area contributed by atoms with E-state index in [1.165, 1.54) is 27.2 Å². The van der Waals surface area contributed by atoms with Crippen LogP contribution in [-0.4, -0.2) is 47.4 Å². The zero-order valence-corrected chi connectivity index (χ0v) is 18.2. The summed E-state index contributed by atoms with van der Waals surface area (Å²) < 4.78 is 41.9. The number of ether oxygens (including phenoxy) is 3. The fourth-order valence-corrected chi connectivity index (χ4v) is 4.00. The molecule has 0 radical (unpaired) electrons. The molecule has 8 nitrogen and oxygen atoms in total. The van der Waals surface area contributed by atoms with Crippen LogP contribution >= 0.6 is 0 Å². The van der Waals surface area contributed by atoms with Gasteiger partial charge in [-0.2, -0.15) is 0 Å². The van der Waals surface area contributed by atoms with Crippen LogP contribution in [0.5, 0.6) is 17.2 Å². The molecule has 162 valence electrons. The minimum atomic E-state index is -3.78. The topological polar surface area (TPSA) is 94.2 Å². The van der Waals surface area contributed by atoms with Crippen molar-refractivity contribution in [2.45, 2.75) is 13.0 Å². The number of nitrogens with zero attached hydrogens (tertiary/aromatic N) is 1. The Kier molecular flexibility index (Phi) is 7.71. The molecule has 2 aromatic carbocycles. The third kappa shape index (κ3) is 5.66. The molecule has 0 aliphatic carbocycles. The normalized spacial score (nSPS) is 11.9. The average molecular weight is 435 g/mol. The van der Waals surface area contributed by atoms with Crippen molar-refractivity contribution in [3.63, 3.8) is 0 Å². The third-order valence-corrected chi connectivity index (χ3v) is 5.42. The van der Waals surface area contributed by atoms with Gasteiger partial charge in [-0.3, -0.25) is 9.10 Å². The van der Waals surface area contributed by atoms with Crippen LogP contribution in [0.1, 0.15) is 6.92 Å². The number of carbonyl (C=O) groups excluding carboxylic acids is 1. The van der Waals surface area contributed by atoms with Crippen molar-refractivity contribution < 1.29 is 27.4 Å². The van der Waals surface area contributed by atoms with Crippen molar-refractivity contribution in [2.24, 2.45) is 0 Å². The predicted octanol–water partition coefficient (Wildman–Crippen LogP) is 3.06. The molecule has 0 aliphatic rings. The van der Waals surface area contributed by atoms with Crippen LogP contribution in [-0.2, 0) is 14.8 Å². The highest BCUT2D eigenvalue weighted by atomic mass is 32.2. The maximum atomic E-state index is 12.8. The number of amides is 1. The number of methoxy groups -OCH3 is 2. The van der Waals surface area contributed by atoms with Crippen LogP contribution in [0.2, 0.25) is 0 Å². The van der Waals surface area contributed by atoms with Crippen LogP contribution in [0.15, 0.2) is 55.1 Å². The van der Waals surface area contributed by atoms with Crippen molar-refractivity contribution in [1.82, 2.24) is 0 Å². The SMILES string of the molecule is C=CCOc1cccc(NC(=O)[C@@H](C)N(c2ccc(OC)c(OC)c2)S(C)(=O)=O)c1. The molecule has 30 heavy (non-hydrogen) atoms. The Labute approximate surface area is 177 Å². The maximum Gasteiger partial charge on any atom is 0.247 e. The van der Waals surface area contributed by atoms with Crippen LogP contribution in [0.4, 0.5) is 11.4 Å². The van der Waals surface area contributed by atoms with Gasteiger partial charge >= 0.3 is 0 Å². The highest BCUT2D eigenvalue weighted by molar-refractivity contribution is 7.92. The van der Waals surface area contributed by atoms with E-state index in [1.54, 1.807) is 42.5 Å². The maximum absolute atomic E-state index is 12.8. The summed E-state index contributed by atoms with van der Waals surface area (Å²) in [6.07, 6.45) is 2.65. The zero-order valence-electron chi connectivity index (χ0n) is 17.4. The number of anilines is 2. The first-order chi connectivity index (χ1) is 14.2. The van der Waals surface area contributed by atoms with Crippen molar-refractivity contribution >= 4 is 27.3 Å². The van der Waals surface area contributed by atoms with Crippen molar-refractivity contribution in [3.05, 3.63) is 55.1 Å². The zero-order chi connectivity index (χ0) is 22.3. The van der Waals surface area contributed by atoms with E-state index in [2.05, 4.69) is 11.9 Å². The Morgan fingerprint density at radius 2 is 1.87 bits per heavy atom. The largest absolute Gasteiger partial charge is 0.493 e. The van der Waals surface area contributed by atoms with Gasteiger partial charge in [0.1, 0.15) is 18.4 Å². The average Bonchev–Trinajstić information content (AvgIpc) is 2.71. The Balaban J connectivity index is 2.31. The summed E-state index contributed by atoms with van der Waals surface area (Å²) in [5.74, 6) is 0.850. The molecule has 0 aliphatic heterocycles. The third-order valence-electron chi connectivity index (χ3n) is 4.18.